The lowest BCUT2D eigenvalue weighted by Gasteiger charge is -2.17. The quantitative estimate of drug-likeness (QED) is 0.677. The van der Waals surface area contributed by atoms with E-state index in [1.54, 1.807) is 24.3 Å². The molecular weight excluding hydrogens is 322 g/mol. The first-order valence-electron chi connectivity index (χ1n) is 7.97. The van der Waals surface area contributed by atoms with Gasteiger partial charge >= 0.3 is 5.97 Å². The van der Waals surface area contributed by atoms with Gasteiger partial charge in [0.15, 0.2) is 6.61 Å². The first-order chi connectivity index (χ1) is 12.2. The van der Waals surface area contributed by atoms with Crippen molar-refractivity contribution >= 4 is 11.9 Å². The van der Waals surface area contributed by atoms with Crippen molar-refractivity contribution < 1.29 is 24.2 Å². The van der Waals surface area contributed by atoms with Gasteiger partial charge in [-0.15, -0.1) is 0 Å². The molecule has 1 atom stereocenters. The lowest BCUT2D eigenvalue weighted by molar-refractivity contribution is -0.149. The van der Waals surface area contributed by atoms with E-state index in [-0.39, 0.29) is 26.2 Å². The Bertz CT molecular complexity index is 660. The lowest BCUT2D eigenvalue weighted by atomic mass is 10.2. The Hall–Kier alpha value is -2.86. The third-order valence-electron chi connectivity index (χ3n) is 3.37. The third-order valence-corrected chi connectivity index (χ3v) is 3.37. The highest BCUT2D eigenvalue weighted by molar-refractivity contribution is 5.85. The van der Waals surface area contributed by atoms with Gasteiger partial charge in [0.05, 0.1) is 0 Å². The minimum atomic E-state index is -0.916. The van der Waals surface area contributed by atoms with E-state index >= 15 is 0 Å². The number of ether oxygens (including phenoxy) is 2. The molecule has 0 spiro atoms. The molecule has 1 amide bonds. The molecular formula is C19H21NO5. The van der Waals surface area contributed by atoms with Gasteiger partial charge in [0, 0.05) is 13.0 Å². The first kappa shape index (κ1) is 18.5. The molecule has 2 rings (SSSR count). The summed E-state index contributed by atoms with van der Waals surface area (Å²) in [5.41, 5.74) is 0.845. The molecule has 132 valence electrons. The molecule has 0 bridgehead atoms. The molecule has 0 radical (unpaired) electrons. The van der Waals surface area contributed by atoms with E-state index in [0.29, 0.717) is 5.75 Å². The van der Waals surface area contributed by atoms with E-state index in [4.69, 9.17) is 14.6 Å². The Balaban J connectivity index is 1.81. The monoisotopic (exact) mass is 343 g/mol. The molecule has 0 fully saturated rings. The Labute approximate surface area is 146 Å². The number of amides is 1. The number of nitrogens with one attached hydrogen (secondary N) is 1. The van der Waals surface area contributed by atoms with E-state index in [2.05, 4.69) is 5.32 Å². The maximum atomic E-state index is 12.1. The Morgan fingerprint density at radius 3 is 2.28 bits per heavy atom. The van der Waals surface area contributed by atoms with Crippen LogP contribution in [0.4, 0.5) is 0 Å². The summed E-state index contributed by atoms with van der Waals surface area (Å²) in [6.07, 6.45) is 0.0741. The van der Waals surface area contributed by atoms with E-state index in [1.807, 2.05) is 36.4 Å². The molecule has 6 heteroatoms. The summed E-state index contributed by atoms with van der Waals surface area (Å²) in [5, 5.41) is 11.6. The average molecular weight is 343 g/mol. The van der Waals surface area contributed by atoms with Crippen LogP contribution < -0.4 is 10.1 Å². The van der Waals surface area contributed by atoms with Crippen LogP contribution in [0.5, 0.6) is 5.75 Å². The topological polar surface area (TPSA) is 84.9 Å². The minimum absolute atomic E-state index is 0.0741. The maximum absolute atomic E-state index is 12.1. The van der Waals surface area contributed by atoms with Crippen molar-refractivity contribution in [3.63, 3.8) is 0 Å². The smallest absolute Gasteiger partial charge is 0.329 e. The number of hydrogen-bond donors (Lipinski definition) is 2. The number of carbonyl (C=O) groups excluding carboxylic acids is 2. The molecule has 0 unspecified atom stereocenters. The Morgan fingerprint density at radius 1 is 1.00 bits per heavy atom. The standard InChI is InChI=1S/C19H21NO5/c21-12-11-17(19(23)25-13-15-7-3-1-4-8-15)20-18(22)14-24-16-9-5-2-6-10-16/h1-10,17,21H,11-14H2,(H,20,22)/t17-/m0/s1. The lowest BCUT2D eigenvalue weighted by Crippen LogP contribution is -2.44. The van der Waals surface area contributed by atoms with Gasteiger partial charge in [-0.05, 0) is 17.7 Å². The van der Waals surface area contributed by atoms with Crippen molar-refractivity contribution in [1.82, 2.24) is 5.32 Å². The summed E-state index contributed by atoms with van der Waals surface area (Å²) < 4.78 is 10.5. The molecule has 6 nitrogen and oxygen atoms in total. The average Bonchev–Trinajstić information content (AvgIpc) is 2.66. The van der Waals surface area contributed by atoms with Crippen molar-refractivity contribution in [3.8, 4) is 5.75 Å². The van der Waals surface area contributed by atoms with E-state index < -0.39 is 17.9 Å². The number of para-hydroxylation sites is 1. The molecule has 0 aromatic heterocycles. The van der Waals surface area contributed by atoms with E-state index in [1.165, 1.54) is 0 Å². The Morgan fingerprint density at radius 2 is 1.64 bits per heavy atom. The van der Waals surface area contributed by atoms with Gasteiger partial charge in [-0.25, -0.2) is 4.79 Å². The largest absolute Gasteiger partial charge is 0.484 e. The highest BCUT2D eigenvalue weighted by Gasteiger charge is 2.22. The van der Waals surface area contributed by atoms with Crippen LogP contribution in [0.25, 0.3) is 0 Å². The molecule has 2 N–H and O–H groups in total. The molecule has 0 aliphatic carbocycles. The Kier molecular flexibility index (Phi) is 7.46. The predicted octanol–water partition coefficient (Wildman–Crippen LogP) is 1.68. The maximum Gasteiger partial charge on any atom is 0.329 e. The van der Waals surface area contributed by atoms with Crippen molar-refractivity contribution in [1.29, 1.82) is 0 Å². The van der Waals surface area contributed by atoms with Crippen LogP contribution in [0.2, 0.25) is 0 Å². The zero-order valence-corrected chi connectivity index (χ0v) is 13.8. The zero-order chi connectivity index (χ0) is 17.9. The highest BCUT2D eigenvalue weighted by Crippen LogP contribution is 2.08. The van der Waals surface area contributed by atoms with Crippen LogP contribution in [0, 0.1) is 0 Å². The van der Waals surface area contributed by atoms with Crippen molar-refractivity contribution in [2.45, 2.75) is 19.1 Å². The fourth-order valence-corrected chi connectivity index (χ4v) is 2.11. The molecule has 0 aliphatic heterocycles. The van der Waals surface area contributed by atoms with Crippen LogP contribution in [-0.2, 0) is 20.9 Å². The van der Waals surface area contributed by atoms with Crippen LogP contribution in [0.15, 0.2) is 60.7 Å². The van der Waals surface area contributed by atoms with E-state index in [9.17, 15) is 9.59 Å². The number of hydrogen-bond acceptors (Lipinski definition) is 5. The van der Waals surface area contributed by atoms with Gasteiger partial charge in [0.1, 0.15) is 18.4 Å². The van der Waals surface area contributed by atoms with Gasteiger partial charge in [-0.1, -0.05) is 48.5 Å². The number of carbonyl (C=O) groups is 2. The summed E-state index contributed by atoms with van der Waals surface area (Å²) in [6.45, 7) is -0.360. The van der Waals surface area contributed by atoms with Crippen LogP contribution in [0.3, 0.4) is 0 Å². The summed E-state index contributed by atoms with van der Waals surface area (Å²) in [7, 11) is 0. The van der Waals surface area contributed by atoms with Crippen molar-refractivity contribution in [2.75, 3.05) is 13.2 Å². The fraction of sp³-hybridized carbons (Fsp3) is 0.263. The van der Waals surface area contributed by atoms with Crippen molar-refractivity contribution in [2.24, 2.45) is 0 Å². The van der Waals surface area contributed by atoms with Gasteiger partial charge in [-0.2, -0.15) is 0 Å². The normalized spacial score (nSPS) is 11.4. The highest BCUT2D eigenvalue weighted by atomic mass is 16.5. The first-order valence-corrected chi connectivity index (χ1v) is 7.97. The summed E-state index contributed by atoms with van der Waals surface area (Å²) in [4.78, 5) is 24.1. The summed E-state index contributed by atoms with van der Waals surface area (Å²) in [5.74, 6) is -0.493. The minimum Gasteiger partial charge on any atom is -0.484 e. The molecule has 2 aromatic carbocycles. The van der Waals surface area contributed by atoms with E-state index in [0.717, 1.165) is 5.56 Å². The number of aliphatic hydroxyl groups excluding tert-OH is 1. The zero-order valence-electron chi connectivity index (χ0n) is 13.8. The molecule has 0 heterocycles. The molecule has 0 saturated carbocycles. The molecule has 0 aliphatic rings. The van der Waals surface area contributed by atoms with Gasteiger partial charge in [0.2, 0.25) is 0 Å². The number of benzene rings is 2. The van der Waals surface area contributed by atoms with Crippen LogP contribution in [-0.4, -0.2) is 36.2 Å². The van der Waals surface area contributed by atoms with Crippen LogP contribution in [0.1, 0.15) is 12.0 Å². The second-order valence-corrected chi connectivity index (χ2v) is 5.33. The second-order valence-electron chi connectivity index (χ2n) is 5.33. The summed E-state index contributed by atoms with van der Waals surface area (Å²) >= 11 is 0. The van der Waals surface area contributed by atoms with Gasteiger partial charge in [-0.3, -0.25) is 4.79 Å². The number of rotatable bonds is 9. The molecule has 25 heavy (non-hydrogen) atoms. The molecule has 0 saturated heterocycles. The number of aliphatic hydroxyl groups is 1. The second kappa shape index (κ2) is 10.1. The SMILES string of the molecule is O=C(COc1ccccc1)N[C@@H](CCO)C(=O)OCc1ccccc1. The van der Waals surface area contributed by atoms with Crippen molar-refractivity contribution in [3.05, 3.63) is 66.2 Å². The molecule has 2 aromatic rings. The third kappa shape index (κ3) is 6.64. The number of esters is 1. The predicted molar refractivity (Wildman–Crippen MR) is 91.8 cm³/mol. The van der Waals surface area contributed by atoms with Gasteiger partial charge in [0.25, 0.3) is 5.91 Å². The fourth-order valence-electron chi connectivity index (χ4n) is 2.11. The van der Waals surface area contributed by atoms with Crippen LogP contribution >= 0.6 is 0 Å². The summed E-state index contributed by atoms with van der Waals surface area (Å²) in [6, 6.07) is 17.2. The van der Waals surface area contributed by atoms with Gasteiger partial charge < -0.3 is 19.9 Å².